The van der Waals surface area contributed by atoms with Crippen molar-refractivity contribution in [3.63, 3.8) is 0 Å². The van der Waals surface area contributed by atoms with Crippen molar-refractivity contribution in [2.75, 3.05) is 11.9 Å². The van der Waals surface area contributed by atoms with Crippen molar-refractivity contribution in [1.29, 1.82) is 0 Å². The molecule has 2 rings (SSSR count). The van der Waals surface area contributed by atoms with Crippen molar-refractivity contribution in [2.24, 2.45) is 0 Å². The Morgan fingerprint density at radius 3 is 2.74 bits per heavy atom. The van der Waals surface area contributed by atoms with Gasteiger partial charge in [-0.25, -0.2) is 9.78 Å². The van der Waals surface area contributed by atoms with Crippen LogP contribution in [0.1, 0.15) is 18.9 Å². The second-order valence-electron chi connectivity index (χ2n) is 4.66. The van der Waals surface area contributed by atoms with E-state index in [-0.39, 0.29) is 11.9 Å². The van der Waals surface area contributed by atoms with Gasteiger partial charge in [0.15, 0.2) is 0 Å². The summed E-state index contributed by atoms with van der Waals surface area (Å²) in [7, 11) is 0. The smallest absolute Gasteiger partial charge is 0.330 e. The number of amides is 1. The van der Waals surface area contributed by atoms with Crippen molar-refractivity contribution >= 4 is 23.6 Å². The Labute approximate surface area is 134 Å². The van der Waals surface area contributed by atoms with Gasteiger partial charge in [-0.3, -0.25) is 9.48 Å². The minimum Gasteiger partial charge on any atom is -0.463 e. The van der Waals surface area contributed by atoms with Crippen LogP contribution in [0.5, 0.6) is 0 Å². The molecule has 0 aliphatic carbocycles. The number of ether oxygens (including phenoxy) is 1. The van der Waals surface area contributed by atoms with Crippen molar-refractivity contribution in [3.05, 3.63) is 48.6 Å². The molecule has 2 aromatic rings. The van der Waals surface area contributed by atoms with Crippen LogP contribution < -0.4 is 5.32 Å². The Morgan fingerprint density at radius 2 is 2.09 bits per heavy atom. The van der Waals surface area contributed by atoms with E-state index in [0.717, 1.165) is 5.56 Å². The zero-order chi connectivity index (χ0) is 16.5. The molecule has 0 saturated heterocycles. The predicted octanol–water partition coefficient (Wildman–Crippen LogP) is 1.88. The van der Waals surface area contributed by atoms with Gasteiger partial charge >= 0.3 is 5.97 Å². The van der Waals surface area contributed by atoms with Crippen LogP contribution in [0, 0.1) is 0 Å². The van der Waals surface area contributed by atoms with Crippen molar-refractivity contribution in [3.8, 4) is 0 Å². The number of nitrogens with zero attached hydrogens (tertiary/aromatic N) is 3. The monoisotopic (exact) mass is 314 g/mol. The van der Waals surface area contributed by atoms with Crippen LogP contribution in [-0.4, -0.2) is 33.2 Å². The SMILES string of the molecule is CCOC(=O)/C=C/c1ccc(NC(=O)CCn2cncn2)cc1. The van der Waals surface area contributed by atoms with E-state index in [2.05, 4.69) is 15.4 Å². The van der Waals surface area contributed by atoms with Gasteiger partial charge in [-0.05, 0) is 30.7 Å². The zero-order valence-electron chi connectivity index (χ0n) is 12.8. The van der Waals surface area contributed by atoms with Crippen LogP contribution in [0.2, 0.25) is 0 Å². The van der Waals surface area contributed by atoms with Gasteiger partial charge < -0.3 is 10.1 Å². The first-order valence-corrected chi connectivity index (χ1v) is 7.24. The Balaban J connectivity index is 1.82. The number of nitrogens with one attached hydrogen (secondary N) is 1. The summed E-state index contributed by atoms with van der Waals surface area (Å²) in [5.74, 6) is -0.478. The third-order valence-corrected chi connectivity index (χ3v) is 2.93. The van der Waals surface area contributed by atoms with Gasteiger partial charge in [0, 0.05) is 18.2 Å². The van der Waals surface area contributed by atoms with Gasteiger partial charge in [-0.15, -0.1) is 0 Å². The number of aryl methyl sites for hydroxylation is 1. The number of esters is 1. The number of hydrogen-bond donors (Lipinski definition) is 1. The lowest BCUT2D eigenvalue weighted by Gasteiger charge is -2.05. The van der Waals surface area contributed by atoms with E-state index in [0.29, 0.717) is 25.3 Å². The third kappa shape index (κ3) is 5.74. The minimum atomic E-state index is -0.377. The number of carbonyl (C=O) groups excluding carboxylic acids is 2. The maximum Gasteiger partial charge on any atom is 0.330 e. The van der Waals surface area contributed by atoms with E-state index in [4.69, 9.17) is 4.74 Å². The van der Waals surface area contributed by atoms with Gasteiger partial charge in [0.2, 0.25) is 5.91 Å². The van der Waals surface area contributed by atoms with E-state index in [1.807, 2.05) is 12.1 Å². The van der Waals surface area contributed by atoms with Crippen LogP contribution in [0.4, 0.5) is 5.69 Å². The second kappa shape index (κ2) is 8.47. The minimum absolute atomic E-state index is 0.102. The molecule has 1 aromatic heterocycles. The summed E-state index contributed by atoms with van der Waals surface area (Å²) in [5, 5.41) is 6.74. The fraction of sp³-hybridized carbons (Fsp3) is 0.250. The fourth-order valence-corrected chi connectivity index (χ4v) is 1.82. The Bertz CT molecular complexity index is 663. The van der Waals surface area contributed by atoms with Gasteiger partial charge in [0.1, 0.15) is 12.7 Å². The van der Waals surface area contributed by atoms with Crippen LogP contribution in [0.25, 0.3) is 6.08 Å². The largest absolute Gasteiger partial charge is 0.463 e. The molecule has 0 fully saturated rings. The van der Waals surface area contributed by atoms with Crippen molar-refractivity contribution in [1.82, 2.24) is 14.8 Å². The van der Waals surface area contributed by atoms with Gasteiger partial charge in [-0.1, -0.05) is 12.1 Å². The molecule has 1 N–H and O–H groups in total. The topological polar surface area (TPSA) is 86.1 Å². The Hall–Kier alpha value is -2.96. The first-order chi connectivity index (χ1) is 11.2. The molecule has 0 unspecified atom stereocenters. The first kappa shape index (κ1) is 16.4. The third-order valence-electron chi connectivity index (χ3n) is 2.93. The summed E-state index contributed by atoms with van der Waals surface area (Å²) < 4.78 is 6.40. The molecule has 7 heteroatoms. The van der Waals surface area contributed by atoms with Gasteiger partial charge in [0.25, 0.3) is 0 Å². The predicted molar refractivity (Wildman–Crippen MR) is 85.4 cm³/mol. The van der Waals surface area contributed by atoms with E-state index < -0.39 is 0 Å². The van der Waals surface area contributed by atoms with Crippen LogP contribution in [-0.2, 0) is 20.9 Å². The average Bonchev–Trinajstić information content (AvgIpc) is 3.06. The number of anilines is 1. The van der Waals surface area contributed by atoms with E-state index in [9.17, 15) is 9.59 Å². The fourth-order valence-electron chi connectivity index (χ4n) is 1.82. The van der Waals surface area contributed by atoms with Gasteiger partial charge in [-0.2, -0.15) is 5.10 Å². The highest BCUT2D eigenvalue weighted by atomic mass is 16.5. The maximum atomic E-state index is 11.8. The van der Waals surface area contributed by atoms with Crippen molar-refractivity contribution in [2.45, 2.75) is 19.9 Å². The Morgan fingerprint density at radius 1 is 1.30 bits per heavy atom. The molecule has 0 bridgehead atoms. The number of rotatable bonds is 7. The molecule has 120 valence electrons. The molecule has 0 saturated carbocycles. The number of benzene rings is 1. The van der Waals surface area contributed by atoms with Crippen LogP contribution >= 0.6 is 0 Å². The normalized spacial score (nSPS) is 10.7. The maximum absolute atomic E-state index is 11.8. The summed E-state index contributed by atoms with van der Waals surface area (Å²) in [6.07, 6.45) is 6.34. The molecule has 0 radical (unpaired) electrons. The molecule has 1 aromatic carbocycles. The standard InChI is InChI=1S/C16H18N4O3/c1-2-23-16(22)8-5-13-3-6-14(7-4-13)19-15(21)9-10-20-12-17-11-18-20/h3-8,11-12H,2,9-10H2,1H3,(H,19,21)/b8-5+. The second-order valence-corrected chi connectivity index (χ2v) is 4.66. The highest BCUT2D eigenvalue weighted by molar-refractivity contribution is 5.91. The Kier molecular flexibility index (Phi) is 6.05. The molecule has 0 aliphatic rings. The molecule has 23 heavy (non-hydrogen) atoms. The molecule has 0 spiro atoms. The summed E-state index contributed by atoms with van der Waals surface area (Å²) in [6.45, 7) is 2.58. The molecular formula is C16H18N4O3. The van der Waals surface area contributed by atoms with E-state index in [1.54, 1.807) is 36.1 Å². The highest BCUT2D eigenvalue weighted by Crippen LogP contribution is 2.11. The number of carbonyl (C=O) groups is 2. The summed E-state index contributed by atoms with van der Waals surface area (Å²) in [6, 6.07) is 7.17. The van der Waals surface area contributed by atoms with Crippen LogP contribution in [0.3, 0.4) is 0 Å². The van der Waals surface area contributed by atoms with E-state index >= 15 is 0 Å². The summed E-state index contributed by atoms with van der Waals surface area (Å²) >= 11 is 0. The lowest BCUT2D eigenvalue weighted by molar-refractivity contribution is -0.137. The molecular weight excluding hydrogens is 296 g/mol. The lowest BCUT2D eigenvalue weighted by atomic mass is 10.2. The quantitative estimate of drug-likeness (QED) is 0.623. The van der Waals surface area contributed by atoms with Crippen molar-refractivity contribution < 1.29 is 14.3 Å². The lowest BCUT2D eigenvalue weighted by Crippen LogP contribution is -2.14. The zero-order valence-corrected chi connectivity index (χ0v) is 12.8. The molecule has 0 atom stereocenters. The average molecular weight is 314 g/mol. The highest BCUT2D eigenvalue weighted by Gasteiger charge is 2.03. The van der Waals surface area contributed by atoms with E-state index in [1.165, 1.54) is 12.4 Å². The molecule has 1 amide bonds. The molecule has 7 nitrogen and oxygen atoms in total. The first-order valence-electron chi connectivity index (χ1n) is 7.24. The molecule has 0 aliphatic heterocycles. The van der Waals surface area contributed by atoms with Gasteiger partial charge in [0.05, 0.1) is 13.2 Å². The summed E-state index contributed by atoms with van der Waals surface area (Å²) in [4.78, 5) is 26.9. The van der Waals surface area contributed by atoms with Crippen LogP contribution in [0.15, 0.2) is 43.0 Å². The number of hydrogen-bond acceptors (Lipinski definition) is 5. The summed E-state index contributed by atoms with van der Waals surface area (Å²) in [5.41, 5.74) is 1.54. The molecule has 1 heterocycles. The number of aromatic nitrogens is 3.